The van der Waals surface area contributed by atoms with Crippen molar-refractivity contribution in [1.29, 1.82) is 0 Å². The molecule has 0 bridgehead atoms. The molecule has 0 N–H and O–H groups in total. The summed E-state index contributed by atoms with van der Waals surface area (Å²) in [7, 11) is 0. The lowest BCUT2D eigenvalue weighted by Gasteiger charge is -2.27. The van der Waals surface area contributed by atoms with Crippen molar-refractivity contribution in [2.45, 2.75) is 51.6 Å². The zero-order valence-electron chi connectivity index (χ0n) is 20.5. The lowest BCUT2D eigenvalue weighted by atomic mass is 9.90. The molecule has 0 spiro atoms. The molecular formula is C30H30F4O2. The molecule has 0 aromatic heterocycles. The molecule has 2 nitrogen and oxygen atoms in total. The third-order valence-corrected chi connectivity index (χ3v) is 6.65. The Labute approximate surface area is 209 Å². The third-order valence-electron chi connectivity index (χ3n) is 6.65. The Morgan fingerprint density at radius 3 is 2.17 bits per heavy atom. The molecule has 2 unspecified atom stereocenters. The highest BCUT2D eigenvalue weighted by Crippen LogP contribution is 2.33. The van der Waals surface area contributed by atoms with Gasteiger partial charge in [0.2, 0.25) is 5.82 Å². The average molecular weight is 499 g/mol. The van der Waals surface area contributed by atoms with Crippen LogP contribution in [0.25, 0.3) is 11.1 Å². The SMILES string of the molecule is C/C=C/C1CCC(c2ccc(CCc3ccc(-c4ccc(OCC)c(F)c4F)c(F)c3F)cc2)CO1. The summed E-state index contributed by atoms with van der Waals surface area (Å²) in [6, 6.07) is 13.3. The normalized spacial score (nSPS) is 18.1. The Morgan fingerprint density at radius 1 is 0.833 bits per heavy atom. The number of rotatable bonds is 8. The van der Waals surface area contributed by atoms with Crippen LogP contribution in [0.1, 0.15) is 49.3 Å². The van der Waals surface area contributed by atoms with Crippen molar-refractivity contribution in [2.24, 2.45) is 0 Å². The van der Waals surface area contributed by atoms with Crippen molar-refractivity contribution in [3.05, 3.63) is 101 Å². The van der Waals surface area contributed by atoms with Gasteiger partial charge in [0.15, 0.2) is 23.2 Å². The first-order chi connectivity index (χ1) is 17.4. The Bertz CT molecular complexity index is 1210. The second-order valence-electron chi connectivity index (χ2n) is 8.99. The van der Waals surface area contributed by atoms with Crippen molar-refractivity contribution in [1.82, 2.24) is 0 Å². The molecule has 3 aromatic rings. The van der Waals surface area contributed by atoms with Crippen molar-refractivity contribution >= 4 is 0 Å². The molecule has 0 amide bonds. The number of halogens is 4. The Hall–Kier alpha value is -3.12. The fraction of sp³-hybridized carbons (Fsp3) is 0.333. The van der Waals surface area contributed by atoms with Gasteiger partial charge in [-0.15, -0.1) is 0 Å². The van der Waals surface area contributed by atoms with Gasteiger partial charge >= 0.3 is 0 Å². The number of ether oxygens (including phenoxy) is 2. The van der Waals surface area contributed by atoms with E-state index >= 15 is 0 Å². The van der Waals surface area contributed by atoms with Crippen LogP contribution in [-0.2, 0) is 17.6 Å². The highest BCUT2D eigenvalue weighted by Gasteiger charge is 2.22. The van der Waals surface area contributed by atoms with Crippen LogP contribution in [0, 0.1) is 23.3 Å². The lowest BCUT2D eigenvalue weighted by molar-refractivity contribution is 0.0326. The van der Waals surface area contributed by atoms with Gasteiger partial charge in [0.1, 0.15) is 0 Å². The molecule has 1 aliphatic heterocycles. The van der Waals surface area contributed by atoms with Crippen LogP contribution in [0.4, 0.5) is 17.6 Å². The molecule has 1 aliphatic rings. The molecular weight excluding hydrogens is 468 g/mol. The van der Waals surface area contributed by atoms with E-state index < -0.39 is 23.3 Å². The zero-order valence-corrected chi connectivity index (χ0v) is 20.5. The third kappa shape index (κ3) is 5.65. The van der Waals surface area contributed by atoms with Crippen LogP contribution in [0.5, 0.6) is 5.75 Å². The predicted molar refractivity (Wildman–Crippen MR) is 133 cm³/mol. The van der Waals surface area contributed by atoms with Crippen molar-refractivity contribution < 1.29 is 27.0 Å². The van der Waals surface area contributed by atoms with Crippen LogP contribution < -0.4 is 4.74 Å². The first-order valence-electron chi connectivity index (χ1n) is 12.3. The minimum atomic E-state index is -1.27. The molecule has 190 valence electrons. The Morgan fingerprint density at radius 2 is 1.53 bits per heavy atom. The van der Waals surface area contributed by atoms with Crippen molar-refractivity contribution in [2.75, 3.05) is 13.2 Å². The van der Waals surface area contributed by atoms with Gasteiger partial charge in [-0.25, -0.2) is 13.2 Å². The largest absolute Gasteiger partial charge is 0.491 e. The summed E-state index contributed by atoms with van der Waals surface area (Å²) < 4.78 is 69.4. The van der Waals surface area contributed by atoms with Crippen LogP contribution in [0.3, 0.4) is 0 Å². The van der Waals surface area contributed by atoms with Gasteiger partial charge in [-0.1, -0.05) is 48.6 Å². The van der Waals surface area contributed by atoms with Crippen molar-refractivity contribution in [3.8, 4) is 16.9 Å². The summed E-state index contributed by atoms with van der Waals surface area (Å²) in [6.45, 7) is 4.47. The van der Waals surface area contributed by atoms with Gasteiger partial charge in [0.25, 0.3) is 0 Å². The summed E-state index contributed by atoms with van der Waals surface area (Å²) in [4.78, 5) is 0. The van der Waals surface area contributed by atoms with Gasteiger partial charge < -0.3 is 9.47 Å². The second-order valence-corrected chi connectivity index (χ2v) is 8.99. The van der Waals surface area contributed by atoms with E-state index in [2.05, 4.69) is 18.2 Å². The molecule has 1 saturated heterocycles. The Balaban J connectivity index is 1.42. The Kier molecular flexibility index (Phi) is 8.47. The highest BCUT2D eigenvalue weighted by molar-refractivity contribution is 5.66. The van der Waals surface area contributed by atoms with E-state index in [1.54, 1.807) is 6.92 Å². The fourth-order valence-electron chi connectivity index (χ4n) is 4.63. The van der Waals surface area contributed by atoms with Crippen LogP contribution in [0.2, 0.25) is 0 Å². The molecule has 1 fully saturated rings. The minimum absolute atomic E-state index is 0.155. The van der Waals surface area contributed by atoms with Gasteiger partial charge in [-0.2, -0.15) is 4.39 Å². The van der Waals surface area contributed by atoms with Crippen LogP contribution in [0.15, 0.2) is 60.7 Å². The number of benzene rings is 3. The number of aryl methyl sites for hydroxylation is 2. The van der Waals surface area contributed by atoms with Crippen LogP contribution in [-0.4, -0.2) is 19.3 Å². The van der Waals surface area contributed by atoms with E-state index in [1.165, 1.54) is 29.8 Å². The summed E-state index contributed by atoms with van der Waals surface area (Å²) in [6.07, 6.45) is 7.14. The maximum atomic E-state index is 14.9. The monoisotopic (exact) mass is 498 g/mol. The molecule has 6 heteroatoms. The summed E-state index contributed by atoms with van der Waals surface area (Å²) >= 11 is 0. The predicted octanol–water partition coefficient (Wildman–Crippen LogP) is 7.93. The summed E-state index contributed by atoms with van der Waals surface area (Å²) in [5.41, 5.74) is 1.72. The van der Waals surface area contributed by atoms with E-state index in [9.17, 15) is 17.6 Å². The van der Waals surface area contributed by atoms with E-state index in [4.69, 9.17) is 9.47 Å². The van der Waals surface area contributed by atoms with Crippen molar-refractivity contribution in [3.63, 3.8) is 0 Å². The smallest absolute Gasteiger partial charge is 0.201 e. The molecule has 0 saturated carbocycles. The van der Waals surface area contributed by atoms with Gasteiger partial charge in [-0.05, 0) is 68.4 Å². The highest BCUT2D eigenvalue weighted by atomic mass is 19.2. The van der Waals surface area contributed by atoms with E-state index in [1.807, 2.05) is 25.1 Å². The molecule has 36 heavy (non-hydrogen) atoms. The lowest BCUT2D eigenvalue weighted by Crippen LogP contribution is -2.23. The van der Waals surface area contributed by atoms with E-state index in [0.29, 0.717) is 18.9 Å². The molecule has 0 radical (unpaired) electrons. The number of hydrogen-bond acceptors (Lipinski definition) is 2. The second kappa shape index (κ2) is 11.7. The average Bonchev–Trinajstić information content (AvgIpc) is 2.89. The summed E-state index contributed by atoms with van der Waals surface area (Å²) in [5.74, 6) is -4.65. The van der Waals surface area contributed by atoms with E-state index in [-0.39, 0.29) is 41.6 Å². The number of hydrogen-bond donors (Lipinski definition) is 0. The van der Waals surface area contributed by atoms with Gasteiger partial charge in [0, 0.05) is 17.0 Å². The zero-order chi connectivity index (χ0) is 25.7. The summed E-state index contributed by atoms with van der Waals surface area (Å²) in [5, 5.41) is 0. The molecule has 2 atom stereocenters. The first kappa shape index (κ1) is 26.0. The molecule has 4 rings (SSSR count). The van der Waals surface area contributed by atoms with E-state index in [0.717, 1.165) is 18.4 Å². The maximum Gasteiger partial charge on any atom is 0.201 e. The quantitative estimate of drug-likeness (QED) is 0.232. The molecule has 1 heterocycles. The number of allylic oxidation sites excluding steroid dienone is 1. The van der Waals surface area contributed by atoms with Crippen LogP contribution >= 0.6 is 0 Å². The fourth-order valence-corrected chi connectivity index (χ4v) is 4.63. The first-order valence-corrected chi connectivity index (χ1v) is 12.3. The standard InChI is InChI=1S/C30H30F4O2/c1-3-5-23-14-12-22(18-36-23)20-9-6-19(7-10-20)8-11-21-13-15-24(28(32)27(21)31)25-16-17-26(35-4-2)30(34)29(25)33/h3,5-7,9-10,13,15-17,22-23H,4,8,11-12,14,18H2,1-2H3/b5-3+. The topological polar surface area (TPSA) is 18.5 Å². The molecule has 3 aromatic carbocycles. The molecule has 0 aliphatic carbocycles. The maximum absolute atomic E-state index is 14.9. The minimum Gasteiger partial charge on any atom is -0.491 e. The van der Waals surface area contributed by atoms with Gasteiger partial charge in [0.05, 0.1) is 19.3 Å². The van der Waals surface area contributed by atoms with Gasteiger partial charge in [-0.3, -0.25) is 0 Å².